The fourth-order valence-corrected chi connectivity index (χ4v) is 4.04. The van der Waals surface area contributed by atoms with Gasteiger partial charge >= 0.3 is 0 Å². The van der Waals surface area contributed by atoms with Crippen LogP contribution in [0.25, 0.3) is 10.8 Å². The number of piperidine rings is 1. The first-order valence-electron chi connectivity index (χ1n) is 9.10. The van der Waals surface area contributed by atoms with Crippen LogP contribution in [0.3, 0.4) is 0 Å². The Bertz CT molecular complexity index is 1010. The van der Waals surface area contributed by atoms with Crippen molar-refractivity contribution in [3.63, 3.8) is 0 Å². The number of nitrogens with zero attached hydrogens (tertiary/aromatic N) is 4. The monoisotopic (exact) mass is 383 g/mol. The number of anilines is 1. The first-order valence-corrected chi connectivity index (χ1v) is 9.98. The zero-order valence-electron chi connectivity index (χ0n) is 14.9. The number of hydrogen-bond acceptors (Lipinski definition) is 6. The van der Waals surface area contributed by atoms with E-state index in [0.717, 1.165) is 30.7 Å². The summed E-state index contributed by atoms with van der Waals surface area (Å²) in [6, 6.07) is 7.22. The van der Waals surface area contributed by atoms with Crippen LogP contribution in [0.5, 0.6) is 0 Å². The van der Waals surface area contributed by atoms with E-state index in [1.165, 1.54) is 35.3 Å². The van der Waals surface area contributed by atoms with Crippen LogP contribution in [0.2, 0.25) is 0 Å². The van der Waals surface area contributed by atoms with Crippen molar-refractivity contribution in [2.75, 3.05) is 18.4 Å². The largest absolute Gasteiger partial charge is 0.300 e. The zero-order valence-corrected chi connectivity index (χ0v) is 15.7. The zero-order chi connectivity index (χ0) is 18.6. The fourth-order valence-electron chi connectivity index (χ4n) is 3.32. The number of benzene rings is 1. The highest BCUT2D eigenvalue weighted by Gasteiger charge is 2.14. The van der Waals surface area contributed by atoms with E-state index < -0.39 is 0 Å². The predicted molar refractivity (Wildman–Crippen MR) is 106 cm³/mol. The maximum absolute atomic E-state index is 12.4. The molecule has 1 aromatic carbocycles. The van der Waals surface area contributed by atoms with Gasteiger partial charge in [0, 0.05) is 17.3 Å². The SMILES string of the molecule is O=C(Cn1ncc2ccccc2c1=O)Nc1nc(CN2CCCCC2)cs1. The first kappa shape index (κ1) is 17.8. The Balaban J connectivity index is 1.40. The molecule has 4 rings (SSSR count). The van der Waals surface area contributed by atoms with Crippen LogP contribution < -0.4 is 10.9 Å². The Morgan fingerprint density at radius 2 is 2.00 bits per heavy atom. The van der Waals surface area contributed by atoms with Crippen LogP contribution in [0, 0.1) is 0 Å². The molecule has 2 aromatic heterocycles. The molecule has 1 fully saturated rings. The lowest BCUT2D eigenvalue weighted by molar-refractivity contribution is -0.117. The topological polar surface area (TPSA) is 80.1 Å². The van der Waals surface area contributed by atoms with Gasteiger partial charge in [0.25, 0.3) is 5.56 Å². The molecule has 1 aliphatic rings. The molecule has 27 heavy (non-hydrogen) atoms. The molecular formula is C19H21N5O2S. The van der Waals surface area contributed by atoms with Crippen molar-refractivity contribution in [1.29, 1.82) is 0 Å². The van der Waals surface area contributed by atoms with Crippen molar-refractivity contribution in [2.24, 2.45) is 0 Å². The van der Waals surface area contributed by atoms with Gasteiger partial charge in [0.1, 0.15) is 6.54 Å². The summed E-state index contributed by atoms with van der Waals surface area (Å²) in [6.45, 7) is 2.90. The van der Waals surface area contributed by atoms with Crippen LogP contribution in [0.1, 0.15) is 25.0 Å². The molecule has 0 spiro atoms. The van der Waals surface area contributed by atoms with E-state index in [0.29, 0.717) is 10.5 Å². The molecule has 0 saturated carbocycles. The third-order valence-electron chi connectivity index (χ3n) is 4.69. The average Bonchev–Trinajstić information content (AvgIpc) is 3.11. The Morgan fingerprint density at radius 1 is 1.19 bits per heavy atom. The van der Waals surface area contributed by atoms with Crippen molar-refractivity contribution in [3.8, 4) is 0 Å². The van der Waals surface area contributed by atoms with Gasteiger partial charge in [0.05, 0.1) is 17.3 Å². The fraction of sp³-hybridized carbons (Fsp3) is 0.368. The number of amides is 1. The Morgan fingerprint density at radius 3 is 2.85 bits per heavy atom. The van der Waals surface area contributed by atoms with Gasteiger partial charge < -0.3 is 5.32 Å². The summed E-state index contributed by atoms with van der Waals surface area (Å²) in [4.78, 5) is 31.6. The summed E-state index contributed by atoms with van der Waals surface area (Å²) < 4.78 is 1.18. The van der Waals surface area contributed by atoms with E-state index in [4.69, 9.17) is 0 Å². The van der Waals surface area contributed by atoms with Crippen molar-refractivity contribution in [3.05, 3.63) is 51.9 Å². The molecular weight excluding hydrogens is 362 g/mol. The first-order chi connectivity index (χ1) is 13.2. The highest BCUT2D eigenvalue weighted by Crippen LogP contribution is 2.18. The molecule has 3 aromatic rings. The minimum Gasteiger partial charge on any atom is -0.300 e. The number of hydrogen-bond donors (Lipinski definition) is 1. The lowest BCUT2D eigenvalue weighted by atomic mass is 10.1. The van der Waals surface area contributed by atoms with Gasteiger partial charge in [-0.25, -0.2) is 9.67 Å². The molecule has 7 nitrogen and oxygen atoms in total. The normalized spacial score (nSPS) is 15.1. The molecule has 1 saturated heterocycles. The second-order valence-electron chi connectivity index (χ2n) is 6.72. The van der Waals surface area contributed by atoms with E-state index in [1.54, 1.807) is 18.3 Å². The molecule has 1 N–H and O–H groups in total. The number of aromatic nitrogens is 3. The summed E-state index contributed by atoms with van der Waals surface area (Å²) >= 11 is 1.41. The molecule has 3 heterocycles. The number of likely N-dealkylation sites (tertiary alicyclic amines) is 1. The minimum absolute atomic E-state index is 0.134. The number of rotatable bonds is 5. The summed E-state index contributed by atoms with van der Waals surface area (Å²) in [5, 5.41) is 10.7. The second-order valence-corrected chi connectivity index (χ2v) is 7.58. The van der Waals surface area contributed by atoms with Crippen LogP contribution in [0.15, 0.2) is 40.6 Å². The maximum Gasteiger partial charge on any atom is 0.275 e. The summed E-state index contributed by atoms with van der Waals surface area (Å²) in [5.74, 6) is -0.307. The third kappa shape index (κ3) is 4.23. The van der Waals surface area contributed by atoms with Gasteiger partial charge in [-0.2, -0.15) is 5.10 Å². The quantitative estimate of drug-likeness (QED) is 0.732. The molecule has 1 aliphatic heterocycles. The summed E-state index contributed by atoms with van der Waals surface area (Å²) in [7, 11) is 0. The number of carbonyl (C=O) groups excluding carboxylic acids is 1. The molecule has 0 atom stereocenters. The number of nitrogens with one attached hydrogen (secondary N) is 1. The van der Waals surface area contributed by atoms with E-state index in [1.807, 2.05) is 17.5 Å². The molecule has 0 unspecified atom stereocenters. The second kappa shape index (κ2) is 7.98. The van der Waals surface area contributed by atoms with Crippen LogP contribution in [0.4, 0.5) is 5.13 Å². The third-order valence-corrected chi connectivity index (χ3v) is 5.49. The Hall–Kier alpha value is -2.58. The van der Waals surface area contributed by atoms with Gasteiger partial charge in [-0.3, -0.25) is 14.5 Å². The molecule has 0 radical (unpaired) electrons. The smallest absolute Gasteiger partial charge is 0.275 e. The van der Waals surface area contributed by atoms with E-state index in [-0.39, 0.29) is 18.0 Å². The van der Waals surface area contributed by atoms with Crippen molar-refractivity contribution in [1.82, 2.24) is 19.7 Å². The van der Waals surface area contributed by atoms with E-state index >= 15 is 0 Å². The standard InChI is InChI=1S/C19H21N5O2S/c25-17(12-24-18(26)16-7-3-2-6-14(16)10-20-24)22-19-21-15(13-27-19)11-23-8-4-1-5-9-23/h2-3,6-7,10,13H,1,4-5,8-9,11-12H2,(H,21,22,25). The van der Waals surface area contributed by atoms with Crippen molar-refractivity contribution < 1.29 is 4.79 Å². The van der Waals surface area contributed by atoms with E-state index in [2.05, 4.69) is 20.3 Å². The summed E-state index contributed by atoms with van der Waals surface area (Å²) in [6.07, 6.45) is 5.38. The lowest BCUT2D eigenvalue weighted by Crippen LogP contribution is -2.30. The summed E-state index contributed by atoms with van der Waals surface area (Å²) in [5.41, 5.74) is 0.700. The van der Waals surface area contributed by atoms with Gasteiger partial charge in [-0.1, -0.05) is 24.6 Å². The van der Waals surface area contributed by atoms with Crippen molar-refractivity contribution >= 4 is 33.1 Å². The van der Waals surface area contributed by atoms with Crippen molar-refractivity contribution in [2.45, 2.75) is 32.4 Å². The maximum atomic E-state index is 12.4. The molecule has 140 valence electrons. The molecule has 1 amide bonds. The van der Waals surface area contributed by atoms with Crippen LogP contribution >= 0.6 is 11.3 Å². The Labute approximate surface area is 160 Å². The number of fused-ring (bicyclic) bond motifs is 1. The van der Waals surface area contributed by atoms with Gasteiger partial charge in [0.15, 0.2) is 5.13 Å². The molecule has 8 heteroatoms. The molecule has 0 bridgehead atoms. The number of carbonyl (C=O) groups is 1. The Kier molecular flexibility index (Phi) is 5.26. The predicted octanol–water partition coefficient (Wildman–Crippen LogP) is 2.48. The van der Waals surface area contributed by atoms with Gasteiger partial charge in [-0.05, 0) is 32.0 Å². The number of thiazole rings is 1. The highest BCUT2D eigenvalue weighted by molar-refractivity contribution is 7.13. The molecule has 0 aliphatic carbocycles. The average molecular weight is 383 g/mol. The van der Waals surface area contributed by atoms with Gasteiger partial charge in [0.2, 0.25) is 5.91 Å². The van der Waals surface area contributed by atoms with Crippen LogP contribution in [-0.4, -0.2) is 38.7 Å². The highest BCUT2D eigenvalue weighted by atomic mass is 32.1. The van der Waals surface area contributed by atoms with Gasteiger partial charge in [-0.15, -0.1) is 11.3 Å². The van der Waals surface area contributed by atoms with E-state index in [9.17, 15) is 9.59 Å². The van der Waals surface area contributed by atoms with Crippen LogP contribution in [-0.2, 0) is 17.9 Å². The lowest BCUT2D eigenvalue weighted by Gasteiger charge is -2.25. The minimum atomic E-state index is -0.307.